The average molecular weight is 303 g/mol. The molecule has 22 heavy (non-hydrogen) atoms. The molecule has 122 valence electrons. The second kappa shape index (κ2) is 7.12. The van der Waals surface area contributed by atoms with Gasteiger partial charge < -0.3 is 9.84 Å². The van der Waals surface area contributed by atoms with Crippen LogP contribution in [0.3, 0.4) is 0 Å². The minimum Gasteiger partial charge on any atom is -0.396 e. The number of likely N-dealkylation sites (tertiary alicyclic amines) is 1. The van der Waals surface area contributed by atoms with Crippen LogP contribution in [0.1, 0.15) is 36.8 Å². The van der Waals surface area contributed by atoms with Crippen LogP contribution in [0.4, 0.5) is 0 Å². The second-order valence-electron chi connectivity index (χ2n) is 7.18. The Hall–Kier alpha value is -0.900. The number of aryl methyl sites for hydroxylation is 1. The monoisotopic (exact) mass is 303 g/mol. The van der Waals surface area contributed by atoms with Crippen molar-refractivity contribution in [2.45, 2.75) is 45.1 Å². The summed E-state index contributed by atoms with van der Waals surface area (Å²) in [5, 5.41) is 10.2. The van der Waals surface area contributed by atoms with Crippen LogP contribution in [-0.2, 0) is 11.2 Å². The smallest absolute Gasteiger partial charge is 0.0502 e. The molecular weight excluding hydrogens is 274 g/mol. The standard InChI is InChI=1S/C19H29NO2/c1-16-5-2-3-6-17(16)13-19(15-21)9-4-10-20(14-19)18-7-11-22-12-8-18/h2-3,5-6,18,21H,4,7-15H2,1H3/t19-/m1/s1. The van der Waals surface area contributed by atoms with Crippen LogP contribution in [0.2, 0.25) is 0 Å². The molecular formula is C19H29NO2. The Morgan fingerprint density at radius 2 is 2.05 bits per heavy atom. The zero-order chi connectivity index (χ0) is 15.4. The highest BCUT2D eigenvalue weighted by Gasteiger charge is 2.37. The average Bonchev–Trinajstić information content (AvgIpc) is 2.58. The van der Waals surface area contributed by atoms with Gasteiger partial charge in [0.1, 0.15) is 0 Å². The van der Waals surface area contributed by atoms with E-state index in [0.29, 0.717) is 12.6 Å². The predicted octanol–water partition coefficient (Wildman–Crippen LogP) is 2.79. The first-order valence-electron chi connectivity index (χ1n) is 8.70. The fraction of sp³-hybridized carbons (Fsp3) is 0.684. The molecule has 3 heteroatoms. The van der Waals surface area contributed by atoms with Gasteiger partial charge in [-0.15, -0.1) is 0 Å². The van der Waals surface area contributed by atoms with E-state index in [-0.39, 0.29) is 5.41 Å². The Morgan fingerprint density at radius 3 is 2.77 bits per heavy atom. The summed E-state index contributed by atoms with van der Waals surface area (Å²) >= 11 is 0. The van der Waals surface area contributed by atoms with Gasteiger partial charge >= 0.3 is 0 Å². The van der Waals surface area contributed by atoms with E-state index in [0.717, 1.165) is 45.4 Å². The summed E-state index contributed by atoms with van der Waals surface area (Å²) in [7, 11) is 0. The molecule has 1 aromatic carbocycles. The molecule has 0 unspecified atom stereocenters. The first-order chi connectivity index (χ1) is 10.7. The van der Waals surface area contributed by atoms with E-state index in [9.17, 15) is 5.11 Å². The van der Waals surface area contributed by atoms with Crippen LogP contribution in [0.15, 0.2) is 24.3 Å². The van der Waals surface area contributed by atoms with Crippen molar-refractivity contribution in [2.75, 3.05) is 32.9 Å². The van der Waals surface area contributed by atoms with Crippen LogP contribution in [0.25, 0.3) is 0 Å². The molecule has 0 bridgehead atoms. The number of hydrogen-bond donors (Lipinski definition) is 1. The normalized spacial score (nSPS) is 27.9. The molecule has 3 nitrogen and oxygen atoms in total. The molecule has 2 saturated heterocycles. The van der Waals surface area contributed by atoms with Crippen molar-refractivity contribution >= 4 is 0 Å². The second-order valence-corrected chi connectivity index (χ2v) is 7.18. The third-order valence-electron chi connectivity index (χ3n) is 5.56. The lowest BCUT2D eigenvalue weighted by atomic mass is 9.74. The molecule has 0 aliphatic carbocycles. The number of hydrogen-bond acceptors (Lipinski definition) is 3. The number of benzene rings is 1. The molecule has 0 radical (unpaired) electrons. The lowest BCUT2D eigenvalue weighted by molar-refractivity contribution is -0.0228. The number of ether oxygens (including phenoxy) is 1. The zero-order valence-corrected chi connectivity index (χ0v) is 13.8. The Balaban J connectivity index is 1.72. The van der Waals surface area contributed by atoms with E-state index in [1.807, 2.05) is 0 Å². The molecule has 1 atom stereocenters. The highest BCUT2D eigenvalue weighted by Crippen LogP contribution is 2.36. The maximum absolute atomic E-state index is 10.2. The molecule has 2 aliphatic heterocycles. The summed E-state index contributed by atoms with van der Waals surface area (Å²) in [6.07, 6.45) is 5.62. The summed E-state index contributed by atoms with van der Waals surface area (Å²) in [5.74, 6) is 0. The van der Waals surface area contributed by atoms with Crippen molar-refractivity contribution < 1.29 is 9.84 Å². The van der Waals surface area contributed by atoms with Crippen LogP contribution < -0.4 is 0 Å². The van der Waals surface area contributed by atoms with Gasteiger partial charge in [-0.2, -0.15) is 0 Å². The quantitative estimate of drug-likeness (QED) is 0.928. The topological polar surface area (TPSA) is 32.7 Å². The molecule has 0 amide bonds. The fourth-order valence-corrected chi connectivity index (χ4v) is 4.15. The molecule has 2 heterocycles. The first-order valence-corrected chi connectivity index (χ1v) is 8.70. The Morgan fingerprint density at radius 1 is 1.27 bits per heavy atom. The maximum atomic E-state index is 10.2. The zero-order valence-electron chi connectivity index (χ0n) is 13.8. The lowest BCUT2D eigenvalue weighted by Crippen LogP contribution is -2.51. The van der Waals surface area contributed by atoms with Crippen molar-refractivity contribution in [3.63, 3.8) is 0 Å². The third-order valence-corrected chi connectivity index (χ3v) is 5.56. The molecule has 2 fully saturated rings. The van der Waals surface area contributed by atoms with Crippen molar-refractivity contribution in [3.05, 3.63) is 35.4 Å². The van der Waals surface area contributed by atoms with Gasteiger partial charge in [0.05, 0.1) is 6.61 Å². The summed E-state index contributed by atoms with van der Waals surface area (Å²) in [4.78, 5) is 2.63. The largest absolute Gasteiger partial charge is 0.396 e. The van der Waals surface area contributed by atoms with Crippen molar-refractivity contribution in [1.29, 1.82) is 0 Å². The highest BCUT2D eigenvalue weighted by molar-refractivity contribution is 5.27. The number of aliphatic hydroxyl groups excluding tert-OH is 1. The molecule has 3 rings (SSSR count). The first kappa shape index (κ1) is 16.0. The van der Waals surface area contributed by atoms with E-state index in [1.165, 1.54) is 24.1 Å². The van der Waals surface area contributed by atoms with Gasteiger partial charge in [-0.3, -0.25) is 4.90 Å². The summed E-state index contributed by atoms with van der Waals surface area (Å²) < 4.78 is 5.50. The molecule has 1 aromatic rings. The maximum Gasteiger partial charge on any atom is 0.0502 e. The molecule has 2 aliphatic rings. The van der Waals surface area contributed by atoms with Gasteiger partial charge in [0.15, 0.2) is 0 Å². The molecule has 1 N–H and O–H groups in total. The molecule has 0 spiro atoms. The van der Waals surface area contributed by atoms with E-state index >= 15 is 0 Å². The van der Waals surface area contributed by atoms with Gasteiger partial charge in [-0.05, 0) is 56.7 Å². The van der Waals surface area contributed by atoms with Crippen LogP contribution in [0, 0.1) is 12.3 Å². The van der Waals surface area contributed by atoms with E-state index in [1.54, 1.807) is 0 Å². The summed E-state index contributed by atoms with van der Waals surface area (Å²) in [6, 6.07) is 9.27. The van der Waals surface area contributed by atoms with Gasteiger partial charge in [0.2, 0.25) is 0 Å². The Bertz CT molecular complexity index is 484. The third kappa shape index (κ3) is 3.53. The minimum absolute atomic E-state index is 0.0304. The summed E-state index contributed by atoms with van der Waals surface area (Å²) in [5.41, 5.74) is 2.77. The van der Waals surface area contributed by atoms with Crippen molar-refractivity contribution in [2.24, 2.45) is 5.41 Å². The number of piperidine rings is 1. The number of nitrogens with zero attached hydrogens (tertiary/aromatic N) is 1. The lowest BCUT2D eigenvalue weighted by Gasteiger charge is -2.46. The number of rotatable bonds is 4. The van der Waals surface area contributed by atoms with Crippen LogP contribution >= 0.6 is 0 Å². The fourth-order valence-electron chi connectivity index (χ4n) is 4.15. The Labute approximate surface area is 134 Å². The van der Waals surface area contributed by atoms with Crippen LogP contribution in [-0.4, -0.2) is 49.0 Å². The van der Waals surface area contributed by atoms with E-state index < -0.39 is 0 Å². The van der Waals surface area contributed by atoms with Gasteiger partial charge in [0.25, 0.3) is 0 Å². The molecule has 0 saturated carbocycles. The predicted molar refractivity (Wildman–Crippen MR) is 89.0 cm³/mol. The van der Waals surface area contributed by atoms with E-state index in [4.69, 9.17) is 4.74 Å². The van der Waals surface area contributed by atoms with Gasteiger partial charge in [-0.1, -0.05) is 24.3 Å². The van der Waals surface area contributed by atoms with Crippen molar-refractivity contribution in [3.8, 4) is 0 Å². The highest BCUT2D eigenvalue weighted by atomic mass is 16.5. The molecule has 0 aromatic heterocycles. The summed E-state index contributed by atoms with van der Waals surface area (Å²) in [6.45, 7) is 6.47. The van der Waals surface area contributed by atoms with Crippen molar-refractivity contribution in [1.82, 2.24) is 4.90 Å². The van der Waals surface area contributed by atoms with Crippen LogP contribution in [0.5, 0.6) is 0 Å². The SMILES string of the molecule is Cc1ccccc1C[C@]1(CO)CCCN(C2CCOCC2)C1. The number of aliphatic hydroxyl groups is 1. The van der Waals surface area contributed by atoms with Gasteiger partial charge in [0, 0.05) is 31.2 Å². The minimum atomic E-state index is 0.0304. The van der Waals surface area contributed by atoms with E-state index in [2.05, 4.69) is 36.1 Å². The van der Waals surface area contributed by atoms with Gasteiger partial charge in [-0.25, -0.2) is 0 Å². The Kier molecular flexibility index (Phi) is 5.17.